The summed E-state index contributed by atoms with van der Waals surface area (Å²) in [6.45, 7) is 0.778. The monoisotopic (exact) mass is 383 g/mol. The smallest absolute Gasteiger partial charge is 0.325 e. The van der Waals surface area contributed by atoms with Crippen molar-refractivity contribution < 1.29 is 14.4 Å². The van der Waals surface area contributed by atoms with E-state index in [0.717, 1.165) is 5.56 Å². The molecule has 0 unspecified atom stereocenters. The number of imide groups is 1. The van der Waals surface area contributed by atoms with Gasteiger partial charge in [0, 0.05) is 17.1 Å². The highest BCUT2D eigenvalue weighted by molar-refractivity contribution is 6.31. The SMILES string of the molecule is O=C(c1cccc(Cl)c1)N1CC[C@@]2(C1)NC(=O)N(Cc1ccccc1)C2=O. The Morgan fingerprint density at radius 1 is 1.11 bits per heavy atom. The van der Waals surface area contributed by atoms with E-state index in [1.165, 1.54) is 4.90 Å². The number of hydrogen-bond acceptors (Lipinski definition) is 3. The van der Waals surface area contributed by atoms with E-state index in [0.29, 0.717) is 23.6 Å². The van der Waals surface area contributed by atoms with Crippen molar-refractivity contribution in [3.05, 3.63) is 70.7 Å². The average molecular weight is 384 g/mol. The molecule has 0 radical (unpaired) electrons. The molecular formula is C20H18ClN3O3. The number of urea groups is 1. The molecule has 2 fully saturated rings. The molecule has 2 aliphatic heterocycles. The number of amides is 4. The first kappa shape index (κ1) is 17.5. The van der Waals surface area contributed by atoms with Crippen molar-refractivity contribution in [1.29, 1.82) is 0 Å². The Hall–Kier alpha value is -2.86. The zero-order valence-electron chi connectivity index (χ0n) is 14.5. The normalized spacial score (nSPS) is 21.8. The lowest BCUT2D eigenvalue weighted by Crippen LogP contribution is -2.49. The van der Waals surface area contributed by atoms with Crippen LogP contribution in [0.5, 0.6) is 0 Å². The molecule has 0 saturated carbocycles. The second kappa shape index (κ2) is 6.70. The van der Waals surface area contributed by atoms with E-state index in [1.807, 2.05) is 30.3 Å². The average Bonchev–Trinajstić information content (AvgIpc) is 3.19. The van der Waals surface area contributed by atoms with Gasteiger partial charge in [0.15, 0.2) is 0 Å². The van der Waals surface area contributed by atoms with E-state index < -0.39 is 11.6 Å². The highest BCUT2D eigenvalue weighted by atomic mass is 35.5. The minimum atomic E-state index is -1.04. The molecule has 27 heavy (non-hydrogen) atoms. The third-order valence-electron chi connectivity index (χ3n) is 5.06. The molecule has 2 saturated heterocycles. The summed E-state index contributed by atoms with van der Waals surface area (Å²) in [7, 11) is 0. The fraction of sp³-hybridized carbons (Fsp3) is 0.250. The largest absolute Gasteiger partial charge is 0.336 e. The molecule has 2 aromatic carbocycles. The maximum Gasteiger partial charge on any atom is 0.325 e. The van der Waals surface area contributed by atoms with E-state index >= 15 is 0 Å². The summed E-state index contributed by atoms with van der Waals surface area (Å²) in [5.41, 5.74) is 0.306. The molecule has 7 heteroatoms. The highest BCUT2D eigenvalue weighted by Crippen LogP contribution is 2.30. The number of carbonyl (C=O) groups is 3. The first-order valence-corrected chi connectivity index (χ1v) is 9.09. The lowest BCUT2D eigenvalue weighted by atomic mass is 9.99. The molecule has 2 heterocycles. The van der Waals surface area contributed by atoms with Gasteiger partial charge in [0.2, 0.25) is 0 Å². The number of likely N-dealkylation sites (tertiary alicyclic amines) is 1. The minimum Gasteiger partial charge on any atom is -0.336 e. The number of carbonyl (C=O) groups excluding carboxylic acids is 3. The van der Waals surface area contributed by atoms with Gasteiger partial charge in [-0.25, -0.2) is 4.79 Å². The quantitative estimate of drug-likeness (QED) is 0.828. The van der Waals surface area contributed by atoms with Crippen LogP contribution < -0.4 is 5.32 Å². The van der Waals surface area contributed by atoms with E-state index in [9.17, 15) is 14.4 Å². The summed E-state index contributed by atoms with van der Waals surface area (Å²) in [5, 5.41) is 3.30. The Kier molecular flexibility index (Phi) is 4.36. The van der Waals surface area contributed by atoms with Crippen molar-refractivity contribution >= 4 is 29.4 Å². The van der Waals surface area contributed by atoms with Crippen LogP contribution in [-0.2, 0) is 11.3 Å². The number of benzene rings is 2. The van der Waals surface area contributed by atoms with Gasteiger partial charge in [-0.05, 0) is 30.2 Å². The fourth-order valence-electron chi connectivity index (χ4n) is 3.65. The summed E-state index contributed by atoms with van der Waals surface area (Å²) in [4.78, 5) is 40.9. The van der Waals surface area contributed by atoms with Crippen LogP contribution in [0.2, 0.25) is 5.02 Å². The standard InChI is InChI=1S/C20H18ClN3O3/c21-16-8-4-7-15(11-16)17(25)23-10-9-20(13-23)18(26)24(19(27)22-20)12-14-5-2-1-3-6-14/h1-8,11H,9-10,12-13H2,(H,22,27)/t20-/m0/s1. The number of nitrogens with one attached hydrogen (secondary N) is 1. The summed E-state index contributed by atoms with van der Waals surface area (Å²) in [5.74, 6) is -0.476. The zero-order valence-corrected chi connectivity index (χ0v) is 15.3. The van der Waals surface area contributed by atoms with Crippen molar-refractivity contribution in [1.82, 2.24) is 15.1 Å². The topological polar surface area (TPSA) is 69.7 Å². The maximum atomic E-state index is 13.0. The molecule has 4 rings (SSSR count). The molecule has 0 aromatic heterocycles. The molecule has 0 bridgehead atoms. The molecule has 0 aliphatic carbocycles. The van der Waals surface area contributed by atoms with Crippen LogP contribution in [0.25, 0.3) is 0 Å². The highest BCUT2D eigenvalue weighted by Gasteiger charge is 2.55. The Bertz CT molecular complexity index is 918. The van der Waals surface area contributed by atoms with E-state index in [-0.39, 0.29) is 24.9 Å². The lowest BCUT2D eigenvalue weighted by Gasteiger charge is -2.22. The van der Waals surface area contributed by atoms with Crippen molar-refractivity contribution in [2.45, 2.75) is 18.5 Å². The van der Waals surface area contributed by atoms with Gasteiger partial charge < -0.3 is 10.2 Å². The molecule has 6 nitrogen and oxygen atoms in total. The molecule has 1 N–H and O–H groups in total. The van der Waals surface area contributed by atoms with E-state index in [4.69, 9.17) is 11.6 Å². The van der Waals surface area contributed by atoms with Crippen molar-refractivity contribution in [3.8, 4) is 0 Å². The zero-order chi connectivity index (χ0) is 19.0. The maximum absolute atomic E-state index is 13.0. The van der Waals surface area contributed by atoms with E-state index in [2.05, 4.69) is 5.32 Å². The van der Waals surface area contributed by atoms with Crippen molar-refractivity contribution in [3.63, 3.8) is 0 Å². The predicted molar refractivity (Wildman–Crippen MR) is 100 cm³/mol. The Balaban J connectivity index is 1.51. The number of rotatable bonds is 3. The van der Waals surface area contributed by atoms with Crippen LogP contribution in [0.15, 0.2) is 54.6 Å². The molecule has 138 valence electrons. The van der Waals surface area contributed by atoms with Crippen LogP contribution in [0.1, 0.15) is 22.3 Å². The van der Waals surface area contributed by atoms with Gasteiger partial charge in [0.25, 0.3) is 11.8 Å². The molecule has 4 amide bonds. The third-order valence-corrected chi connectivity index (χ3v) is 5.29. The van der Waals surface area contributed by atoms with Gasteiger partial charge in [0.1, 0.15) is 5.54 Å². The van der Waals surface area contributed by atoms with Gasteiger partial charge in [-0.2, -0.15) is 0 Å². The van der Waals surface area contributed by atoms with Crippen LogP contribution in [0.3, 0.4) is 0 Å². The van der Waals surface area contributed by atoms with Gasteiger partial charge in [-0.1, -0.05) is 48.0 Å². The second-order valence-corrected chi connectivity index (χ2v) is 7.31. The number of nitrogens with zero attached hydrogens (tertiary/aromatic N) is 2. The van der Waals surface area contributed by atoms with Crippen LogP contribution >= 0.6 is 11.6 Å². The van der Waals surface area contributed by atoms with Crippen LogP contribution in [-0.4, -0.2) is 46.3 Å². The first-order chi connectivity index (χ1) is 13.0. The minimum absolute atomic E-state index is 0.161. The van der Waals surface area contributed by atoms with Gasteiger partial charge in [-0.3, -0.25) is 14.5 Å². The number of hydrogen-bond donors (Lipinski definition) is 1. The van der Waals surface area contributed by atoms with Crippen molar-refractivity contribution in [2.75, 3.05) is 13.1 Å². The second-order valence-electron chi connectivity index (χ2n) is 6.88. The Labute approximate surface area is 161 Å². The van der Waals surface area contributed by atoms with Gasteiger partial charge in [-0.15, -0.1) is 0 Å². The molecule has 1 spiro atoms. The summed E-state index contributed by atoms with van der Waals surface area (Å²) < 4.78 is 0. The predicted octanol–water partition coefficient (Wildman–Crippen LogP) is 2.68. The van der Waals surface area contributed by atoms with Crippen molar-refractivity contribution in [2.24, 2.45) is 0 Å². The van der Waals surface area contributed by atoms with Gasteiger partial charge >= 0.3 is 6.03 Å². The Morgan fingerprint density at radius 2 is 1.89 bits per heavy atom. The fourth-order valence-corrected chi connectivity index (χ4v) is 3.84. The summed E-state index contributed by atoms with van der Waals surface area (Å²) in [6.07, 6.45) is 0.398. The van der Waals surface area contributed by atoms with Gasteiger partial charge in [0.05, 0.1) is 13.1 Å². The number of halogens is 1. The first-order valence-electron chi connectivity index (χ1n) is 8.71. The van der Waals surface area contributed by atoms with E-state index in [1.54, 1.807) is 29.2 Å². The molecular weight excluding hydrogens is 366 g/mol. The Morgan fingerprint density at radius 3 is 2.63 bits per heavy atom. The summed E-state index contributed by atoms with van der Waals surface area (Å²) >= 11 is 5.97. The third kappa shape index (κ3) is 3.17. The van der Waals surface area contributed by atoms with Crippen LogP contribution in [0, 0.1) is 0 Å². The lowest BCUT2D eigenvalue weighted by molar-refractivity contribution is -0.131. The van der Waals surface area contributed by atoms with Crippen LogP contribution in [0.4, 0.5) is 4.79 Å². The molecule has 2 aliphatic rings. The summed E-state index contributed by atoms with van der Waals surface area (Å²) in [6, 6.07) is 15.6. The molecule has 2 aromatic rings. The molecule has 1 atom stereocenters.